The quantitative estimate of drug-likeness (QED) is 0.695. The molecule has 4 nitrogen and oxygen atoms in total. The summed E-state index contributed by atoms with van der Waals surface area (Å²) >= 11 is 1.54. The van der Waals surface area contributed by atoms with Crippen molar-refractivity contribution in [3.8, 4) is 0 Å². The third-order valence-corrected chi connectivity index (χ3v) is 2.28. The summed E-state index contributed by atoms with van der Waals surface area (Å²) in [6.45, 7) is 0. The maximum atomic E-state index is 5.71. The molecule has 0 fully saturated rings. The van der Waals surface area contributed by atoms with Gasteiger partial charge in [-0.05, 0) is 6.08 Å². The SMILES string of the molecule is NC1N=CC=CN1c1nccs1. The monoisotopic (exact) mass is 180 g/mol. The molecular weight excluding hydrogens is 172 g/mol. The van der Waals surface area contributed by atoms with Crippen molar-refractivity contribution in [3.05, 3.63) is 23.9 Å². The zero-order valence-corrected chi connectivity index (χ0v) is 7.11. The van der Waals surface area contributed by atoms with Crippen LogP contribution in [-0.4, -0.2) is 17.5 Å². The highest BCUT2D eigenvalue weighted by Gasteiger charge is 2.14. The van der Waals surface area contributed by atoms with Gasteiger partial charge >= 0.3 is 0 Å². The average molecular weight is 180 g/mol. The van der Waals surface area contributed by atoms with E-state index in [0.29, 0.717) is 0 Å². The van der Waals surface area contributed by atoms with Crippen LogP contribution in [0.1, 0.15) is 0 Å². The third-order valence-electron chi connectivity index (χ3n) is 1.50. The maximum Gasteiger partial charge on any atom is 0.192 e. The molecule has 2 heterocycles. The molecule has 0 radical (unpaired) electrons. The number of allylic oxidation sites excluding steroid dienone is 1. The van der Waals surface area contributed by atoms with Gasteiger partial charge in [-0.15, -0.1) is 11.3 Å². The molecule has 1 atom stereocenters. The predicted octanol–water partition coefficient (Wildman–Crippen LogP) is 0.790. The average Bonchev–Trinajstić information content (AvgIpc) is 2.57. The summed E-state index contributed by atoms with van der Waals surface area (Å²) in [6, 6.07) is 0. The number of anilines is 1. The van der Waals surface area contributed by atoms with E-state index in [4.69, 9.17) is 5.73 Å². The summed E-state index contributed by atoms with van der Waals surface area (Å²) in [5, 5.41) is 2.78. The van der Waals surface area contributed by atoms with E-state index in [1.54, 1.807) is 23.7 Å². The minimum atomic E-state index is -0.332. The predicted molar refractivity (Wildman–Crippen MR) is 50.2 cm³/mol. The van der Waals surface area contributed by atoms with E-state index < -0.39 is 0 Å². The topological polar surface area (TPSA) is 54.5 Å². The minimum Gasteiger partial charge on any atom is -0.292 e. The van der Waals surface area contributed by atoms with E-state index in [9.17, 15) is 0 Å². The van der Waals surface area contributed by atoms with E-state index in [-0.39, 0.29) is 6.29 Å². The number of aromatic nitrogens is 1. The fourth-order valence-corrected chi connectivity index (χ4v) is 1.61. The van der Waals surface area contributed by atoms with Crippen LogP contribution in [0.15, 0.2) is 28.8 Å². The molecule has 0 bridgehead atoms. The van der Waals surface area contributed by atoms with E-state index >= 15 is 0 Å². The Morgan fingerprint density at radius 3 is 3.17 bits per heavy atom. The van der Waals surface area contributed by atoms with Crippen LogP contribution in [0.3, 0.4) is 0 Å². The highest BCUT2D eigenvalue weighted by Crippen LogP contribution is 2.19. The summed E-state index contributed by atoms with van der Waals surface area (Å²) in [5.74, 6) is 0. The van der Waals surface area contributed by atoms with Crippen LogP contribution in [0, 0.1) is 0 Å². The summed E-state index contributed by atoms with van der Waals surface area (Å²) in [7, 11) is 0. The molecular formula is C7H8N4S. The summed E-state index contributed by atoms with van der Waals surface area (Å²) in [4.78, 5) is 9.98. The molecule has 0 saturated heterocycles. The highest BCUT2D eigenvalue weighted by molar-refractivity contribution is 7.13. The van der Waals surface area contributed by atoms with Crippen LogP contribution in [0.5, 0.6) is 0 Å². The summed E-state index contributed by atoms with van der Waals surface area (Å²) in [5.41, 5.74) is 5.71. The number of nitrogens with zero attached hydrogens (tertiary/aromatic N) is 3. The van der Waals surface area contributed by atoms with Crippen molar-refractivity contribution in [2.45, 2.75) is 6.29 Å². The lowest BCUT2D eigenvalue weighted by molar-refractivity contribution is 0.709. The molecule has 0 amide bonds. The smallest absolute Gasteiger partial charge is 0.192 e. The Kier molecular flexibility index (Phi) is 1.89. The molecule has 0 aromatic carbocycles. The lowest BCUT2D eigenvalue weighted by Gasteiger charge is -2.23. The van der Waals surface area contributed by atoms with Crippen molar-refractivity contribution < 1.29 is 0 Å². The van der Waals surface area contributed by atoms with E-state index in [1.165, 1.54) is 0 Å². The first kappa shape index (κ1) is 7.45. The number of nitrogens with two attached hydrogens (primary N) is 1. The van der Waals surface area contributed by atoms with Crippen LogP contribution in [0.4, 0.5) is 5.13 Å². The number of hydrogen-bond acceptors (Lipinski definition) is 5. The molecule has 2 N–H and O–H groups in total. The molecule has 1 unspecified atom stereocenters. The van der Waals surface area contributed by atoms with Gasteiger partial charge < -0.3 is 0 Å². The van der Waals surface area contributed by atoms with Crippen LogP contribution < -0.4 is 10.6 Å². The third kappa shape index (κ3) is 1.24. The number of hydrogen-bond donors (Lipinski definition) is 1. The minimum absolute atomic E-state index is 0.332. The Bertz CT molecular complexity index is 303. The molecule has 0 spiro atoms. The fourth-order valence-electron chi connectivity index (χ4n) is 0.949. The van der Waals surface area contributed by atoms with Gasteiger partial charge in [-0.2, -0.15) is 0 Å². The van der Waals surface area contributed by atoms with Crippen molar-refractivity contribution in [1.82, 2.24) is 4.98 Å². The van der Waals surface area contributed by atoms with Crippen molar-refractivity contribution in [2.75, 3.05) is 4.90 Å². The Labute approximate surface area is 74.1 Å². The molecule has 1 aliphatic heterocycles. The Hall–Kier alpha value is -1.20. The van der Waals surface area contributed by atoms with Gasteiger partial charge in [0.05, 0.1) is 0 Å². The largest absolute Gasteiger partial charge is 0.292 e. The van der Waals surface area contributed by atoms with E-state index in [0.717, 1.165) is 5.13 Å². The Morgan fingerprint density at radius 2 is 2.50 bits per heavy atom. The van der Waals surface area contributed by atoms with Crippen molar-refractivity contribution in [1.29, 1.82) is 0 Å². The first-order chi connectivity index (χ1) is 5.88. The molecule has 1 aromatic heterocycles. The Balaban J connectivity index is 2.25. The van der Waals surface area contributed by atoms with Crippen LogP contribution in [0.25, 0.3) is 0 Å². The lowest BCUT2D eigenvalue weighted by Crippen LogP contribution is -2.38. The van der Waals surface area contributed by atoms with Gasteiger partial charge in [0.2, 0.25) is 0 Å². The van der Waals surface area contributed by atoms with Gasteiger partial charge in [-0.25, -0.2) is 4.98 Å². The zero-order valence-electron chi connectivity index (χ0n) is 6.29. The zero-order chi connectivity index (χ0) is 8.39. The van der Waals surface area contributed by atoms with Gasteiger partial charge in [0.15, 0.2) is 11.4 Å². The van der Waals surface area contributed by atoms with Crippen molar-refractivity contribution >= 4 is 22.7 Å². The van der Waals surface area contributed by atoms with Crippen LogP contribution >= 0.6 is 11.3 Å². The van der Waals surface area contributed by atoms with Crippen molar-refractivity contribution in [3.63, 3.8) is 0 Å². The second-order valence-corrected chi connectivity index (χ2v) is 3.15. The first-order valence-electron chi connectivity index (χ1n) is 3.51. The molecule has 0 saturated carbocycles. The lowest BCUT2D eigenvalue weighted by atomic mass is 10.5. The van der Waals surface area contributed by atoms with Gasteiger partial charge in [-0.3, -0.25) is 15.6 Å². The number of thiazole rings is 1. The number of aliphatic imine (C=N–C) groups is 1. The molecule has 5 heteroatoms. The molecule has 12 heavy (non-hydrogen) atoms. The molecule has 1 aromatic rings. The summed E-state index contributed by atoms with van der Waals surface area (Å²) < 4.78 is 0. The van der Waals surface area contributed by atoms with Gasteiger partial charge in [0.25, 0.3) is 0 Å². The highest BCUT2D eigenvalue weighted by atomic mass is 32.1. The van der Waals surface area contributed by atoms with Gasteiger partial charge in [0, 0.05) is 24.0 Å². The molecule has 62 valence electrons. The standard InChI is InChI=1S/C7H8N4S/c8-6-9-2-1-4-11(6)7-10-3-5-12-7/h1-6H,8H2. The van der Waals surface area contributed by atoms with Crippen LogP contribution in [0.2, 0.25) is 0 Å². The molecule has 0 aliphatic carbocycles. The second-order valence-electron chi connectivity index (χ2n) is 2.28. The van der Waals surface area contributed by atoms with Crippen molar-refractivity contribution in [2.24, 2.45) is 10.7 Å². The summed E-state index contributed by atoms with van der Waals surface area (Å²) in [6.07, 6.45) is 6.82. The normalized spacial score (nSPS) is 21.8. The Morgan fingerprint density at radius 1 is 1.58 bits per heavy atom. The molecule has 1 aliphatic rings. The van der Waals surface area contributed by atoms with Gasteiger partial charge in [-0.1, -0.05) is 0 Å². The first-order valence-corrected chi connectivity index (χ1v) is 4.39. The second kappa shape index (κ2) is 3.04. The molecule has 2 rings (SSSR count). The van der Waals surface area contributed by atoms with E-state index in [2.05, 4.69) is 9.98 Å². The fraction of sp³-hybridized carbons (Fsp3) is 0.143. The maximum absolute atomic E-state index is 5.71. The number of rotatable bonds is 1. The van der Waals surface area contributed by atoms with Gasteiger partial charge in [0.1, 0.15) is 0 Å². The van der Waals surface area contributed by atoms with Crippen LogP contribution in [-0.2, 0) is 0 Å². The van der Waals surface area contributed by atoms with E-state index in [1.807, 2.05) is 22.6 Å².